The maximum Gasteiger partial charge on any atom is 0.0220 e. The van der Waals surface area contributed by atoms with Crippen molar-refractivity contribution in [3.05, 3.63) is 34.3 Å². The molecule has 1 N–H and O–H groups in total. The van der Waals surface area contributed by atoms with Gasteiger partial charge in [0.25, 0.3) is 0 Å². The van der Waals surface area contributed by atoms with Crippen LogP contribution in [0.25, 0.3) is 0 Å². The van der Waals surface area contributed by atoms with E-state index in [2.05, 4.69) is 45.5 Å². The molecule has 1 fully saturated rings. The van der Waals surface area contributed by atoms with Gasteiger partial charge in [-0.15, -0.1) is 0 Å². The van der Waals surface area contributed by atoms with Crippen molar-refractivity contribution in [3.8, 4) is 0 Å². The number of hydrogen-bond donors (Lipinski definition) is 1. The van der Waals surface area contributed by atoms with Gasteiger partial charge < -0.3 is 5.32 Å². The molecule has 0 saturated heterocycles. The van der Waals surface area contributed by atoms with Gasteiger partial charge >= 0.3 is 0 Å². The molecule has 0 atom stereocenters. The molecule has 70 valence electrons. The van der Waals surface area contributed by atoms with Gasteiger partial charge in [0.05, 0.1) is 0 Å². The third kappa shape index (κ3) is 2.82. The van der Waals surface area contributed by atoms with Crippen molar-refractivity contribution >= 4 is 15.9 Å². The van der Waals surface area contributed by atoms with Crippen molar-refractivity contribution in [3.63, 3.8) is 0 Å². The van der Waals surface area contributed by atoms with Crippen molar-refractivity contribution in [2.45, 2.75) is 19.4 Å². The molecule has 0 aliphatic heterocycles. The zero-order valence-electron chi connectivity index (χ0n) is 7.59. The third-order valence-electron chi connectivity index (χ3n) is 2.40. The second-order valence-electron chi connectivity index (χ2n) is 3.67. The quantitative estimate of drug-likeness (QED) is 0.853. The van der Waals surface area contributed by atoms with Crippen LogP contribution in [0.1, 0.15) is 18.4 Å². The number of benzene rings is 1. The van der Waals surface area contributed by atoms with Crippen LogP contribution in [0, 0.1) is 5.92 Å². The summed E-state index contributed by atoms with van der Waals surface area (Å²) in [4.78, 5) is 0. The van der Waals surface area contributed by atoms with E-state index >= 15 is 0 Å². The predicted octanol–water partition coefficient (Wildman–Crippen LogP) is 2.95. The molecule has 0 spiro atoms. The Morgan fingerprint density at radius 3 is 2.77 bits per heavy atom. The number of hydrogen-bond acceptors (Lipinski definition) is 1. The molecule has 0 aromatic heterocycles. The minimum absolute atomic E-state index is 0.961. The summed E-state index contributed by atoms with van der Waals surface area (Å²) in [5.74, 6) is 0.961. The van der Waals surface area contributed by atoms with Gasteiger partial charge in [0.15, 0.2) is 0 Å². The van der Waals surface area contributed by atoms with Crippen LogP contribution in [-0.4, -0.2) is 6.54 Å². The van der Waals surface area contributed by atoms with Crippen molar-refractivity contribution in [2.24, 2.45) is 5.92 Å². The standard InChI is InChI=1S/C11H14BrN/c12-11-4-2-1-3-10(11)8-13-7-9-5-6-9/h1-4,9,13H,5-8H2. The molecule has 0 amide bonds. The first-order valence-corrected chi connectivity index (χ1v) is 5.59. The Morgan fingerprint density at radius 2 is 2.08 bits per heavy atom. The molecule has 1 aliphatic rings. The summed E-state index contributed by atoms with van der Waals surface area (Å²) >= 11 is 3.54. The molecule has 13 heavy (non-hydrogen) atoms. The van der Waals surface area contributed by atoms with Crippen LogP contribution in [0.4, 0.5) is 0 Å². The SMILES string of the molecule is Brc1ccccc1CNCC1CC1. The van der Waals surface area contributed by atoms with E-state index in [0.29, 0.717) is 0 Å². The highest BCUT2D eigenvalue weighted by Crippen LogP contribution is 2.27. The molecular weight excluding hydrogens is 226 g/mol. The van der Waals surface area contributed by atoms with E-state index in [1.807, 2.05) is 0 Å². The van der Waals surface area contributed by atoms with Crippen LogP contribution in [0.5, 0.6) is 0 Å². The highest BCUT2D eigenvalue weighted by Gasteiger charge is 2.20. The smallest absolute Gasteiger partial charge is 0.0220 e. The lowest BCUT2D eigenvalue weighted by Crippen LogP contribution is -2.16. The van der Waals surface area contributed by atoms with Gasteiger partial charge in [-0.2, -0.15) is 0 Å². The summed E-state index contributed by atoms with van der Waals surface area (Å²) in [6.07, 6.45) is 2.84. The Labute approximate surface area is 87.7 Å². The second kappa shape index (κ2) is 4.25. The Balaban J connectivity index is 1.82. The van der Waals surface area contributed by atoms with Gasteiger partial charge in [0.2, 0.25) is 0 Å². The van der Waals surface area contributed by atoms with Gasteiger partial charge in [-0.05, 0) is 36.9 Å². The van der Waals surface area contributed by atoms with E-state index in [1.165, 1.54) is 29.4 Å². The van der Waals surface area contributed by atoms with Crippen molar-refractivity contribution in [2.75, 3.05) is 6.54 Å². The molecule has 2 rings (SSSR count). The van der Waals surface area contributed by atoms with Crippen LogP contribution in [0.3, 0.4) is 0 Å². The van der Waals surface area contributed by atoms with Gasteiger partial charge in [0.1, 0.15) is 0 Å². The molecule has 2 heteroatoms. The van der Waals surface area contributed by atoms with Crippen molar-refractivity contribution in [1.29, 1.82) is 0 Å². The predicted molar refractivity (Wildman–Crippen MR) is 58.6 cm³/mol. The Bertz CT molecular complexity index is 281. The number of nitrogens with one attached hydrogen (secondary N) is 1. The lowest BCUT2D eigenvalue weighted by atomic mass is 10.2. The van der Waals surface area contributed by atoms with E-state index in [-0.39, 0.29) is 0 Å². The Morgan fingerprint density at radius 1 is 1.31 bits per heavy atom. The number of halogens is 1. The minimum atomic E-state index is 0.961. The van der Waals surface area contributed by atoms with Crippen LogP contribution in [0.2, 0.25) is 0 Å². The van der Waals surface area contributed by atoms with Gasteiger partial charge in [-0.3, -0.25) is 0 Å². The minimum Gasteiger partial charge on any atom is -0.312 e. The summed E-state index contributed by atoms with van der Waals surface area (Å²) in [5.41, 5.74) is 1.35. The first-order valence-electron chi connectivity index (χ1n) is 4.80. The topological polar surface area (TPSA) is 12.0 Å². The fourth-order valence-corrected chi connectivity index (χ4v) is 1.80. The first-order chi connectivity index (χ1) is 6.36. The van der Waals surface area contributed by atoms with E-state index in [4.69, 9.17) is 0 Å². The second-order valence-corrected chi connectivity index (χ2v) is 4.52. The molecule has 0 bridgehead atoms. The average Bonchev–Trinajstić information content (AvgIpc) is 2.92. The number of rotatable bonds is 4. The summed E-state index contributed by atoms with van der Waals surface area (Å²) in [6.45, 7) is 2.17. The molecule has 0 heterocycles. The lowest BCUT2D eigenvalue weighted by Gasteiger charge is -2.05. The Kier molecular flexibility index (Phi) is 3.01. The van der Waals surface area contributed by atoms with Crippen molar-refractivity contribution in [1.82, 2.24) is 5.32 Å². The van der Waals surface area contributed by atoms with Gasteiger partial charge in [0, 0.05) is 11.0 Å². The molecule has 0 unspecified atom stereocenters. The largest absolute Gasteiger partial charge is 0.312 e. The Hall–Kier alpha value is -0.340. The molecule has 0 radical (unpaired) electrons. The summed E-state index contributed by atoms with van der Waals surface area (Å²) in [7, 11) is 0. The molecular formula is C11H14BrN. The first kappa shape index (κ1) is 9.22. The molecule has 1 saturated carbocycles. The fraction of sp³-hybridized carbons (Fsp3) is 0.455. The van der Waals surface area contributed by atoms with Crippen LogP contribution < -0.4 is 5.32 Å². The maximum atomic E-state index is 3.54. The monoisotopic (exact) mass is 239 g/mol. The van der Waals surface area contributed by atoms with Crippen LogP contribution in [0.15, 0.2) is 28.7 Å². The van der Waals surface area contributed by atoms with Gasteiger partial charge in [-0.1, -0.05) is 34.1 Å². The summed E-state index contributed by atoms with van der Waals surface area (Å²) in [5, 5.41) is 3.47. The summed E-state index contributed by atoms with van der Waals surface area (Å²) in [6, 6.07) is 8.38. The summed E-state index contributed by atoms with van der Waals surface area (Å²) < 4.78 is 1.21. The molecule has 1 aliphatic carbocycles. The van der Waals surface area contributed by atoms with Crippen LogP contribution >= 0.6 is 15.9 Å². The fourth-order valence-electron chi connectivity index (χ4n) is 1.37. The van der Waals surface area contributed by atoms with Crippen LogP contribution in [-0.2, 0) is 6.54 Å². The average molecular weight is 240 g/mol. The highest BCUT2D eigenvalue weighted by molar-refractivity contribution is 9.10. The third-order valence-corrected chi connectivity index (χ3v) is 3.18. The zero-order valence-corrected chi connectivity index (χ0v) is 9.18. The van der Waals surface area contributed by atoms with E-state index in [9.17, 15) is 0 Å². The van der Waals surface area contributed by atoms with E-state index < -0.39 is 0 Å². The highest BCUT2D eigenvalue weighted by atomic mass is 79.9. The molecule has 1 nitrogen and oxygen atoms in total. The lowest BCUT2D eigenvalue weighted by molar-refractivity contribution is 0.637. The maximum absolute atomic E-state index is 3.54. The van der Waals surface area contributed by atoms with Gasteiger partial charge in [-0.25, -0.2) is 0 Å². The zero-order chi connectivity index (χ0) is 9.10. The molecule has 1 aromatic rings. The van der Waals surface area contributed by atoms with E-state index in [0.717, 1.165) is 12.5 Å². The normalized spacial score (nSPS) is 16.1. The molecule has 1 aromatic carbocycles. The van der Waals surface area contributed by atoms with Crippen molar-refractivity contribution < 1.29 is 0 Å². The van der Waals surface area contributed by atoms with E-state index in [1.54, 1.807) is 0 Å².